The Morgan fingerprint density at radius 3 is 2.19 bits per heavy atom. The van der Waals surface area contributed by atoms with Crippen LogP contribution in [0.25, 0.3) is 22.5 Å². The van der Waals surface area contributed by atoms with Crippen molar-refractivity contribution in [2.24, 2.45) is 17.6 Å². The summed E-state index contributed by atoms with van der Waals surface area (Å²) >= 11 is 0. The number of para-hydroxylation sites is 1. The first-order valence-electron chi connectivity index (χ1n) is 16.9. The van der Waals surface area contributed by atoms with Crippen molar-refractivity contribution in [3.8, 4) is 28.3 Å². The minimum Gasteiger partial charge on any atom is -0.490 e. The molecule has 0 radical (unpaired) electrons. The van der Waals surface area contributed by atoms with Gasteiger partial charge < -0.3 is 26.2 Å². The number of aromatic amines is 1. The first-order valence-corrected chi connectivity index (χ1v) is 16.9. The molecule has 4 aromatic rings. The second kappa shape index (κ2) is 15.9. The molecule has 5 rings (SSSR count). The van der Waals surface area contributed by atoms with E-state index in [1.165, 1.54) is 24.3 Å². The van der Waals surface area contributed by atoms with Gasteiger partial charge in [0.15, 0.2) is 5.82 Å². The van der Waals surface area contributed by atoms with Crippen molar-refractivity contribution in [3.05, 3.63) is 84.2 Å². The number of nitrogens with zero attached hydrogens (tertiary/aromatic N) is 2. The van der Waals surface area contributed by atoms with Crippen LogP contribution in [0.4, 0.5) is 23.2 Å². The van der Waals surface area contributed by atoms with E-state index in [2.05, 4.69) is 20.7 Å². The highest BCUT2D eigenvalue weighted by molar-refractivity contribution is 5.97. The Morgan fingerprint density at radius 1 is 0.942 bits per heavy atom. The van der Waals surface area contributed by atoms with Crippen molar-refractivity contribution >= 4 is 23.5 Å². The minimum absolute atomic E-state index is 0.0148. The van der Waals surface area contributed by atoms with Crippen LogP contribution in [-0.4, -0.2) is 62.7 Å². The average Bonchev–Trinajstić information content (AvgIpc) is 3.63. The van der Waals surface area contributed by atoms with Gasteiger partial charge >= 0.3 is 17.8 Å². The first kappa shape index (κ1) is 37.9. The number of alkyl halides is 4. The minimum atomic E-state index is -5.43. The first-order chi connectivity index (χ1) is 24.7. The quantitative estimate of drug-likeness (QED) is 0.0962. The van der Waals surface area contributed by atoms with Crippen LogP contribution in [0.2, 0.25) is 0 Å². The summed E-state index contributed by atoms with van der Waals surface area (Å²) in [6.07, 6.45) is 3.14. The van der Waals surface area contributed by atoms with Gasteiger partial charge in [0.2, 0.25) is 17.6 Å². The maximum Gasteiger partial charge on any atom is 0.411 e. The van der Waals surface area contributed by atoms with Gasteiger partial charge in [0, 0.05) is 29.2 Å². The van der Waals surface area contributed by atoms with Crippen LogP contribution in [0.3, 0.4) is 0 Å². The van der Waals surface area contributed by atoms with Gasteiger partial charge in [-0.05, 0) is 93.5 Å². The Labute approximate surface area is 297 Å². The normalized spacial score (nSPS) is 17.0. The number of carbonyl (C=O) groups excluding carboxylic acids is 2. The summed E-state index contributed by atoms with van der Waals surface area (Å²) in [6.45, 7) is 4.46. The number of nitrogens with one attached hydrogen (secondary N) is 3. The number of hydrogen-bond acceptors (Lipinski definition) is 7. The summed E-state index contributed by atoms with van der Waals surface area (Å²) in [5.41, 5.74) is 8.84. The van der Waals surface area contributed by atoms with Crippen LogP contribution in [0.5, 0.6) is 5.75 Å². The number of carboxylic acid groups (broad SMARTS) is 1. The average molecular weight is 725 g/mol. The molecule has 2 amide bonds. The van der Waals surface area contributed by atoms with Crippen LogP contribution < -0.4 is 21.1 Å². The maximum atomic E-state index is 14.2. The summed E-state index contributed by atoms with van der Waals surface area (Å²) in [5, 5.41) is 19.5. The van der Waals surface area contributed by atoms with Crippen molar-refractivity contribution in [1.29, 1.82) is 0 Å². The standard InChI is InChI=1S/C37H40F4N6O5/c1-21(2)52-30-6-4-3-5-28(30)24-11-7-22(8-12-24)19-29(44-32(48)26-13-9-23(20-42)10-14-26)33(49)43-27-17-15-25(16-18-27)31-45-34(47-46-31)36(38,39)37(40,41)35(50)51/h3-8,11-12,15-18,21,23,26,29H,9-10,13-14,19-20,42H2,1-2H3,(H,43,49)(H,44,48)(H,50,51)(H,45,46,47)/t23?,26?,29-/m0/s1. The van der Waals surface area contributed by atoms with E-state index in [1.807, 2.05) is 62.4 Å². The number of halogens is 4. The van der Waals surface area contributed by atoms with E-state index in [4.69, 9.17) is 15.6 Å². The molecule has 0 aliphatic heterocycles. The highest BCUT2D eigenvalue weighted by atomic mass is 19.3. The molecular formula is C37H40F4N6O5. The lowest BCUT2D eigenvalue weighted by atomic mass is 9.81. The zero-order chi connectivity index (χ0) is 37.6. The summed E-state index contributed by atoms with van der Waals surface area (Å²) in [6, 6.07) is 19.9. The second-order valence-corrected chi connectivity index (χ2v) is 13.1. The molecule has 276 valence electrons. The Balaban J connectivity index is 1.32. The number of nitrogens with two attached hydrogens (primary N) is 1. The molecule has 1 aliphatic carbocycles. The molecule has 3 aromatic carbocycles. The van der Waals surface area contributed by atoms with Gasteiger partial charge in [-0.25, -0.2) is 9.78 Å². The van der Waals surface area contributed by atoms with Crippen LogP contribution in [0.1, 0.15) is 50.9 Å². The zero-order valence-electron chi connectivity index (χ0n) is 28.5. The van der Waals surface area contributed by atoms with E-state index >= 15 is 0 Å². The zero-order valence-corrected chi connectivity index (χ0v) is 28.5. The van der Waals surface area contributed by atoms with E-state index in [-0.39, 0.29) is 35.6 Å². The molecule has 1 saturated carbocycles. The van der Waals surface area contributed by atoms with Gasteiger partial charge in [0.25, 0.3) is 0 Å². The number of ether oxygens (including phenoxy) is 1. The molecule has 1 aromatic heterocycles. The third-order valence-electron chi connectivity index (χ3n) is 8.99. The highest BCUT2D eigenvalue weighted by Crippen LogP contribution is 2.42. The van der Waals surface area contributed by atoms with Gasteiger partial charge in [-0.2, -0.15) is 22.7 Å². The van der Waals surface area contributed by atoms with E-state index in [0.29, 0.717) is 25.3 Å². The van der Waals surface area contributed by atoms with Crippen LogP contribution in [-0.2, 0) is 26.7 Å². The topological polar surface area (TPSA) is 172 Å². The van der Waals surface area contributed by atoms with Crippen molar-refractivity contribution in [2.75, 3.05) is 11.9 Å². The second-order valence-electron chi connectivity index (χ2n) is 13.1. The number of carbonyl (C=O) groups is 3. The van der Waals surface area contributed by atoms with E-state index < -0.39 is 41.4 Å². The maximum absolute atomic E-state index is 14.2. The Hall–Kier alpha value is -5.31. The lowest BCUT2D eigenvalue weighted by Gasteiger charge is -2.28. The van der Waals surface area contributed by atoms with E-state index in [1.54, 1.807) is 5.10 Å². The van der Waals surface area contributed by atoms with Crippen molar-refractivity contribution < 1.29 is 41.8 Å². The molecule has 11 nitrogen and oxygen atoms in total. The van der Waals surface area contributed by atoms with Crippen molar-refractivity contribution in [2.45, 2.75) is 69.9 Å². The number of aromatic nitrogens is 3. The molecule has 0 saturated heterocycles. The number of rotatable bonds is 14. The van der Waals surface area contributed by atoms with Crippen molar-refractivity contribution in [3.63, 3.8) is 0 Å². The van der Waals surface area contributed by atoms with Gasteiger partial charge in [-0.1, -0.05) is 42.5 Å². The van der Waals surface area contributed by atoms with E-state index in [0.717, 1.165) is 35.3 Å². The number of benzene rings is 3. The Kier molecular flexibility index (Phi) is 11.6. The summed E-state index contributed by atoms with van der Waals surface area (Å²) in [7, 11) is 0. The molecule has 0 spiro atoms. The summed E-state index contributed by atoms with van der Waals surface area (Å²) < 4.78 is 61.7. The fourth-order valence-corrected chi connectivity index (χ4v) is 6.02. The molecule has 0 unspecified atom stereocenters. The third-order valence-corrected chi connectivity index (χ3v) is 8.99. The third kappa shape index (κ3) is 8.58. The van der Waals surface area contributed by atoms with Gasteiger partial charge in [0.1, 0.15) is 11.8 Å². The highest BCUT2D eigenvalue weighted by Gasteiger charge is 2.65. The van der Waals surface area contributed by atoms with Crippen LogP contribution in [0.15, 0.2) is 72.8 Å². The van der Waals surface area contributed by atoms with E-state index in [9.17, 15) is 31.9 Å². The van der Waals surface area contributed by atoms with Gasteiger partial charge in [-0.3, -0.25) is 14.7 Å². The number of carboxylic acids is 1. The molecule has 6 N–H and O–H groups in total. The lowest BCUT2D eigenvalue weighted by molar-refractivity contribution is -0.231. The number of hydrogen-bond donors (Lipinski definition) is 5. The molecule has 52 heavy (non-hydrogen) atoms. The molecule has 15 heteroatoms. The van der Waals surface area contributed by atoms with Gasteiger partial charge in [-0.15, -0.1) is 0 Å². The van der Waals surface area contributed by atoms with Gasteiger partial charge in [0.05, 0.1) is 6.10 Å². The van der Waals surface area contributed by atoms with Crippen LogP contribution in [0, 0.1) is 11.8 Å². The molecule has 1 heterocycles. The fourth-order valence-electron chi connectivity index (χ4n) is 6.02. The molecule has 1 fully saturated rings. The predicted octanol–water partition coefficient (Wildman–Crippen LogP) is 6.17. The van der Waals surface area contributed by atoms with Crippen molar-refractivity contribution in [1.82, 2.24) is 20.5 Å². The number of anilines is 1. The number of aliphatic carboxylic acids is 1. The smallest absolute Gasteiger partial charge is 0.411 e. The largest absolute Gasteiger partial charge is 0.490 e. The SMILES string of the molecule is CC(C)Oc1ccccc1-c1ccc(C[C@H](NC(=O)C2CCC(CN)CC2)C(=O)Nc2ccc(-c3n[nH]c(C(F)(F)C(F)(F)C(=O)O)n3)cc2)cc1. The Bertz CT molecular complexity index is 1860. The summed E-state index contributed by atoms with van der Waals surface area (Å²) in [5.74, 6) is -15.5. The number of H-pyrrole nitrogens is 1. The summed E-state index contributed by atoms with van der Waals surface area (Å²) in [4.78, 5) is 41.2. The predicted molar refractivity (Wildman–Crippen MR) is 185 cm³/mol. The fraction of sp³-hybridized carbons (Fsp3) is 0.378. The molecular weight excluding hydrogens is 684 g/mol. The van der Waals surface area contributed by atoms with Crippen LogP contribution >= 0.6 is 0 Å². The molecule has 1 aliphatic rings. The lowest BCUT2D eigenvalue weighted by Crippen LogP contribution is -2.48. The number of amides is 2. The molecule has 0 bridgehead atoms. The monoisotopic (exact) mass is 724 g/mol. The molecule has 1 atom stereocenters. The Morgan fingerprint density at radius 2 is 1.58 bits per heavy atom.